The van der Waals surface area contributed by atoms with Crippen LogP contribution in [0.1, 0.15) is 5.69 Å². The fraction of sp³-hybridized carbons (Fsp3) is 0.500. The van der Waals surface area contributed by atoms with Crippen molar-refractivity contribution in [3.05, 3.63) is 5.69 Å². The third-order valence-electron chi connectivity index (χ3n) is 3.00. The van der Waals surface area contributed by atoms with Gasteiger partial charge in [0.15, 0.2) is 5.65 Å². The predicted molar refractivity (Wildman–Crippen MR) is 77.7 cm³/mol. The summed E-state index contributed by atoms with van der Waals surface area (Å²) in [6.07, 6.45) is 0. The predicted octanol–water partition coefficient (Wildman–Crippen LogP) is 0.628. The maximum absolute atomic E-state index is 12.0. The van der Waals surface area contributed by atoms with Gasteiger partial charge in [-0.05, 0) is 6.92 Å². The van der Waals surface area contributed by atoms with E-state index in [1.54, 1.807) is 16.4 Å². The second kappa shape index (κ2) is 5.40. The monoisotopic (exact) mass is 302 g/mol. The zero-order valence-corrected chi connectivity index (χ0v) is 12.2. The second-order valence-corrected chi connectivity index (χ2v) is 5.30. The van der Waals surface area contributed by atoms with Crippen LogP contribution in [0.2, 0.25) is 0 Å². The first-order valence-corrected chi connectivity index (χ1v) is 6.82. The molecule has 1 saturated heterocycles. The highest BCUT2D eigenvalue weighted by Crippen LogP contribution is 2.23. The molecule has 3 heterocycles. The van der Waals surface area contributed by atoms with Gasteiger partial charge >= 0.3 is 0 Å². The Morgan fingerprint density at radius 2 is 2.37 bits per heavy atom. The van der Waals surface area contributed by atoms with E-state index < -0.39 is 0 Å². The Morgan fingerprint density at radius 3 is 3.05 bits per heavy atom. The maximum Gasteiger partial charge on any atom is 0.243 e. The van der Waals surface area contributed by atoms with Crippen molar-refractivity contribution in [1.29, 1.82) is 0 Å². The Balaban J connectivity index is 0.00000133. The first-order chi connectivity index (χ1) is 8.66. The summed E-state index contributed by atoms with van der Waals surface area (Å²) in [4.78, 5) is 12.0. The van der Waals surface area contributed by atoms with Crippen molar-refractivity contribution < 1.29 is 4.79 Å². The number of aromatic amines is 1. The number of aromatic nitrogens is 4. The fourth-order valence-corrected chi connectivity index (χ4v) is 3.04. The molecular weight excluding hydrogens is 288 g/mol. The van der Waals surface area contributed by atoms with Crippen LogP contribution in [0, 0.1) is 6.92 Å². The van der Waals surface area contributed by atoms with Gasteiger partial charge in [-0.2, -0.15) is 10.2 Å². The third kappa shape index (κ3) is 2.43. The molecule has 1 aliphatic rings. The van der Waals surface area contributed by atoms with Gasteiger partial charge in [0.25, 0.3) is 0 Å². The molecule has 0 unspecified atom stereocenters. The molecule has 2 aromatic rings. The third-order valence-corrected chi connectivity index (χ3v) is 3.94. The van der Waals surface area contributed by atoms with E-state index in [9.17, 15) is 4.79 Å². The number of aryl methyl sites for hydroxylation is 2. The van der Waals surface area contributed by atoms with Crippen LogP contribution in [0.15, 0.2) is 0 Å². The lowest BCUT2D eigenvalue weighted by Crippen LogP contribution is -2.37. The number of fused-ring (bicyclic) bond motifs is 1. The van der Waals surface area contributed by atoms with E-state index in [0.717, 1.165) is 28.4 Å². The molecule has 0 aliphatic carbocycles. The number of hydrogen-bond acceptors (Lipinski definition) is 5. The number of amides is 1. The molecule has 1 amide bonds. The average molecular weight is 303 g/mol. The minimum atomic E-state index is -0.134. The standard InChI is InChI=1S/C10H14N6OS.ClH/c1-5-7-8(13-14-9(7)16(2)15-5)12-10(17)6-3-18-4-11-6;/h6,11H,3-4H2,1-2H3,(H2,12,13,14,17);1H/t6-;/m1./s1. The van der Waals surface area contributed by atoms with Crippen LogP contribution < -0.4 is 10.6 Å². The summed E-state index contributed by atoms with van der Waals surface area (Å²) in [5.41, 5.74) is 1.60. The summed E-state index contributed by atoms with van der Waals surface area (Å²) in [6.45, 7) is 1.90. The van der Waals surface area contributed by atoms with E-state index in [1.165, 1.54) is 0 Å². The van der Waals surface area contributed by atoms with E-state index in [1.807, 2.05) is 14.0 Å². The lowest BCUT2D eigenvalue weighted by Gasteiger charge is -2.08. The molecule has 3 N–H and O–H groups in total. The van der Waals surface area contributed by atoms with Crippen molar-refractivity contribution in [3.63, 3.8) is 0 Å². The Labute approximate surface area is 120 Å². The molecule has 1 fully saturated rings. The van der Waals surface area contributed by atoms with Gasteiger partial charge in [-0.15, -0.1) is 24.2 Å². The highest BCUT2D eigenvalue weighted by molar-refractivity contribution is 7.99. The summed E-state index contributed by atoms with van der Waals surface area (Å²) in [5.74, 6) is 2.21. The summed E-state index contributed by atoms with van der Waals surface area (Å²) < 4.78 is 1.69. The van der Waals surface area contributed by atoms with Crippen LogP contribution in [0.5, 0.6) is 0 Å². The topological polar surface area (TPSA) is 87.6 Å². The quantitative estimate of drug-likeness (QED) is 0.757. The van der Waals surface area contributed by atoms with E-state index in [2.05, 4.69) is 25.9 Å². The Kier molecular flexibility index (Phi) is 4.02. The number of carbonyl (C=O) groups is 1. The lowest BCUT2D eigenvalue weighted by molar-refractivity contribution is -0.117. The minimum Gasteiger partial charge on any atom is -0.309 e. The van der Waals surface area contributed by atoms with E-state index in [4.69, 9.17) is 0 Å². The van der Waals surface area contributed by atoms with Gasteiger partial charge < -0.3 is 5.32 Å². The highest BCUT2D eigenvalue weighted by Gasteiger charge is 2.24. The van der Waals surface area contributed by atoms with Crippen molar-refractivity contribution in [3.8, 4) is 0 Å². The minimum absolute atomic E-state index is 0. The Morgan fingerprint density at radius 1 is 1.58 bits per heavy atom. The number of thioether (sulfide) groups is 1. The Bertz CT molecular complexity index is 602. The number of rotatable bonds is 2. The zero-order chi connectivity index (χ0) is 12.7. The van der Waals surface area contributed by atoms with Crippen molar-refractivity contribution >= 4 is 46.9 Å². The van der Waals surface area contributed by atoms with Crippen molar-refractivity contribution in [2.45, 2.75) is 13.0 Å². The fourth-order valence-electron chi connectivity index (χ4n) is 2.10. The smallest absolute Gasteiger partial charge is 0.243 e. The molecule has 19 heavy (non-hydrogen) atoms. The van der Waals surface area contributed by atoms with Crippen LogP contribution >= 0.6 is 24.2 Å². The van der Waals surface area contributed by atoms with Gasteiger partial charge in [0.1, 0.15) is 5.82 Å². The van der Waals surface area contributed by atoms with Gasteiger partial charge in [0, 0.05) is 18.7 Å². The van der Waals surface area contributed by atoms with Crippen LogP contribution in [0.25, 0.3) is 11.0 Å². The molecule has 0 aromatic carbocycles. The number of halogens is 1. The van der Waals surface area contributed by atoms with Gasteiger partial charge in [0.05, 0.1) is 17.1 Å². The molecule has 2 aromatic heterocycles. The van der Waals surface area contributed by atoms with Crippen molar-refractivity contribution in [1.82, 2.24) is 25.3 Å². The molecule has 0 saturated carbocycles. The molecule has 7 nitrogen and oxygen atoms in total. The van der Waals surface area contributed by atoms with Gasteiger partial charge in [-0.25, -0.2) is 4.68 Å². The summed E-state index contributed by atoms with van der Waals surface area (Å²) in [7, 11) is 1.83. The van der Waals surface area contributed by atoms with E-state index in [-0.39, 0.29) is 24.4 Å². The number of nitrogens with one attached hydrogen (secondary N) is 3. The first-order valence-electron chi connectivity index (χ1n) is 5.66. The molecule has 0 radical (unpaired) electrons. The maximum atomic E-state index is 12.0. The van der Waals surface area contributed by atoms with Crippen molar-refractivity contribution in [2.75, 3.05) is 16.9 Å². The summed E-state index contributed by atoms with van der Waals surface area (Å²) in [5, 5.41) is 18.2. The average Bonchev–Trinajstić information content (AvgIpc) is 3.01. The Hall–Kier alpha value is -1.25. The molecule has 104 valence electrons. The van der Waals surface area contributed by atoms with Crippen LogP contribution in [0.3, 0.4) is 0 Å². The van der Waals surface area contributed by atoms with Gasteiger partial charge in [-0.3, -0.25) is 15.2 Å². The number of nitrogens with zero attached hydrogens (tertiary/aromatic N) is 3. The molecule has 3 rings (SSSR count). The van der Waals surface area contributed by atoms with Crippen LogP contribution in [-0.2, 0) is 11.8 Å². The molecule has 1 atom stereocenters. The number of hydrogen-bond donors (Lipinski definition) is 3. The van der Waals surface area contributed by atoms with Gasteiger partial charge in [-0.1, -0.05) is 0 Å². The molecule has 0 spiro atoms. The SMILES string of the molecule is Cc1nn(C)c2n[nH]c(NC(=O)[C@H]3CSCN3)c12.Cl. The highest BCUT2D eigenvalue weighted by atomic mass is 35.5. The van der Waals surface area contributed by atoms with Crippen LogP contribution in [0.4, 0.5) is 5.82 Å². The number of H-pyrrole nitrogens is 1. The molecule has 9 heteroatoms. The largest absolute Gasteiger partial charge is 0.309 e. The number of anilines is 1. The normalized spacial score (nSPS) is 18.5. The number of carbonyl (C=O) groups excluding carboxylic acids is 1. The summed E-state index contributed by atoms with van der Waals surface area (Å²) >= 11 is 1.72. The van der Waals surface area contributed by atoms with Crippen molar-refractivity contribution in [2.24, 2.45) is 7.05 Å². The van der Waals surface area contributed by atoms with E-state index in [0.29, 0.717) is 5.82 Å². The first kappa shape index (κ1) is 14.2. The zero-order valence-electron chi connectivity index (χ0n) is 10.6. The lowest BCUT2D eigenvalue weighted by atomic mass is 10.3. The van der Waals surface area contributed by atoms with Gasteiger partial charge in [0.2, 0.25) is 5.91 Å². The van der Waals surface area contributed by atoms with Crippen LogP contribution in [-0.4, -0.2) is 43.6 Å². The molecular formula is C10H15ClN6OS. The van der Waals surface area contributed by atoms with E-state index >= 15 is 0 Å². The summed E-state index contributed by atoms with van der Waals surface area (Å²) in [6, 6.07) is -0.134. The molecule has 1 aliphatic heterocycles. The molecule has 0 bridgehead atoms. The second-order valence-electron chi connectivity index (χ2n) is 4.27.